The number of nitrogens with one attached hydrogen (secondary N) is 1. The summed E-state index contributed by atoms with van der Waals surface area (Å²) in [5.74, 6) is -2.68. The van der Waals surface area contributed by atoms with Crippen molar-refractivity contribution < 1.29 is 19.5 Å². The van der Waals surface area contributed by atoms with Gasteiger partial charge in [0, 0.05) is 18.0 Å². The maximum absolute atomic E-state index is 11.6. The number of carboxylic acids is 1. The zero-order chi connectivity index (χ0) is 12.8. The van der Waals surface area contributed by atoms with E-state index in [9.17, 15) is 14.4 Å². The lowest BCUT2D eigenvalue weighted by molar-refractivity contribution is -0.139. The van der Waals surface area contributed by atoms with Gasteiger partial charge in [0.15, 0.2) is 0 Å². The number of aromatic nitrogens is 1. The van der Waals surface area contributed by atoms with E-state index in [1.807, 2.05) is 0 Å². The van der Waals surface area contributed by atoms with Crippen LogP contribution in [0.25, 0.3) is 0 Å². The average Bonchev–Trinajstić information content (AvgIpc) is 2.28. The highest BCUT2D eigenvalue weighted by Gasteiger charge is 2.21. The number of rotatable bonds is 5. The lowest BCUT2D eigenvalue weighted by Crippen LogP contribution is -2.45. The van der Waals surface area contributed by atoms with Crippen molar-refractivity contribution in [3.05, 3.63) is 30.1 Å². The van der Waals surface area contributed by atoms with Crippen LogP contribution in [-0.4, -0.2) is 33.9 Å². The summed E-state index contributed by atoms with van der Waals surface area (Å²) in [7, 11) is 0. The van der Waals surface area contributed by atoms with Gasteiger partial charge in [-0.15, -0.1) is 0 Å². The third-order valence-electron chi connectivity index (χ3n) is 1.97. The Bertz CT molecular complexity index is 432. The van der Waals surface area contributed by atoms with Crippen molar-refractivity contribution in [2.75, 3.05) is 0 Å². The van der Waals surface area contributed by atoms with Crippen LogP contribution < -0.4 is 11.1 Å². The largest absolute Gasteiger partial charge is 0.481 e. The number of primary amides is 1. The molecule has 2 amide bonds. The molecule has 1 rings (SSSR count). The smallest absolute Gasteiger partial charge is 0.305 e. The standard InChI is InChI=1S/C10H11N3O4/c11-9(16)7(5-8(14)15)13-10(17)6-1-3-12-4-2-6/h1-4,7H,5H2,(H2,11,16)(H,13,17)(H,14,15)/t7-/m1/s1. The first-order valence-electron chi connectivity index (χ1n) is 4.72. The van der Waals surface area contributed by atoms with Gasteiger partial charge in [0.1, 0.15) is 6.04 Å². The minimum Gasteiger partial charge on any atom is -0.481 e. The fourth-order valence-corrected chi connectivity index (χ4v) is 1.14. The molecule has 0 aromatic carbocycles. The van der Waals surface area contributed by atoms with Gasteiger partial charge in [0.25, 0.3) is 5.91 Å². The summed E-state index contributed by atoms with van der Waals surface area (Å²) in [5.41, 5.74) is 5.26. The number of pyridine rings is 1. The van der Waals surface area contributed by atoms with Crippen molar-refractivity contribution in [2.24, 2.45) is 5.73 Å². The number of carbonyl (C=O) groups excluding carboxylic acids is 2. The number of nitrogens with zero attached hydrogens (tertiary/aromatic N) is 1. The molecule has 0 fully saturated rings. The van der Waals surface area contributed by atoms with Crippen LogP contribution in [0.1, 0.15) is 16.8 Å². The van der Waals surface area contributed by atoms with Gasteiger partial charge < -0.3 is 16.2 Å². The summed E-state index contributed by atoms with van der Waals surface area (Å²) in [6.45, 7) is 0. The zero-order valence-corrected chi connectivity index (χ0v) is 8.79. The molecule has 0 aliphatic rings. The number of carboxylic acid groups (broad SMARTS) is 1. The summed E-state index contributed by atoms with van der Waals surface area (Å²) < 4.78 is 0. The van der Waals surface area contributed by atoms with E-state index in [2.05, 4.69) is 10.3 Å². The molecule has 0 spiro atoms. The minimum atomic E-state index is -1.23. The normalized spacial score (nSPS) is 11.5. The second kappa shape index (κ2) is 5.59. The molecular weight excluding hydrogens is 226 g/mol. The highest BCUT2D eigenvalue weighted by atomic mass is 16.4. The molecule has 0 aliphatic heterocycles. The van der Waals surface area contributed by atoms with E-state index in [1.54, 1.807) is 0 Å². The third-order valence-corrected chi connectivity index (χ3v) is 1.97. The summed E-state index contributed by atoms with van der Waals surface area (Å²) >= 11 is 0. The molecule has 1 aromatic rings. The molecule has 90 valence electrons. The minimum absolute atomic E-state index is 0.275. The topological polar surface area (TPSA) is 122 Å². The Morgan fingerprint density at radius 3 is 2.41 bits per heavy atom. The zero-order valence-electron chi connectivity index (χ0n) is 8.79. The maximum atomic E-state index is 11.6. The van der Waals surface area contributed by atoms with Crippen molar-refractivity contribution in [3.63, 3.8) is 0 Å². The van der Waals surface area contributed by atoms with E-state index in [4.69, 9.17) is 10.8 Å². The van der Waals surface area contributed by atoms with Crippen molar-refractivity contribution in [3.8, 4) is 0 Å². The lowest BCUT2D eigenvalue weighted by atomic mass is 10.1. The van der Waals surface area contributed by atoms with Crippen molar-refractivity contribution >= 4 is 17.8 Å². The van der Waals surface area contributed by atoms with E-state index in [-0.39, 0.29) is 5.56 Å². The number of hydrogen-bond donors (Lipinski definition) is 3. The number of hydrogen-bond acceptors (Lipinski definition) is 4. The van der Waals surface area contributed by atoms with Crippen LogP contribution >= 0.6 is 0 Å². The van der Waals surface area contributed by atoms with Crippen LogP contribution in [0.5, 0.6) is 0 Å². The predicted octanol–water partition coefficient (Wildman–Crippen LogP) is -0.860. The fourth-order valence-electron chi connectivity index (χ4n) is 1.14. The molecule has 1 aromatic heterocycles. The van der Waals surface area contributed by atoms with Gasteiger partial charge in [-0.3, -0.25) is 19.4 Å². The van der Waals surface area contributed by atoms with Crippen LogP contribution in [-0.2, 0) is 9.59 Å². The summed E-state index contributed by atoms with van der Waals surface area (Å²) in [5, 5.41) is 10.8. The van der Waals surface area contributed by atoms with Crippen LogP contribution in [0.3, 0.4) is 0 Å². The first-order valence-corrected chi connectivity index (χ1v) is 4.72. The molecule has 0 saturated carbocycles. The van der Waals surface area contributed by atoms with Crippen LogP contribution in [0.4, 0.5) is 0 Å². The quantitative estimate of drug-likeness (QED) is 0.615. The van der Waals surface area contributed by atoms with Crippen LogP contribution in [0, 0.1) is 0 Å². The molecule has 1 atom stereocenters. The van der Waals surface area contributed by atoms with Gasteiger partial charge in [-0.2, -0.15) is 0 Å². The molecule has 0 unspecified atom stereocenters. The van der Waals surface area contributed by atoms with Crippen molar-refractivity contribution in [1.82, 2.24) is 10.3 Å². The maximum Gasteiger partial charge on any atom is 0.305 e. The molecule has 0 radical (unpaired) electrons. The van der Waals surface area contributed by atoms with Gasteiger partial charge >= 0.3 is 5.97 Å². The van der Waals surface area contributed by atoms with Crippen molar-refractivity contribution in [1.29, 1.82) is 0 Å². The van der Waals surface area contributed by atoms with Gasteiger partial charge in [-0.1, -0.05) is 0 Å². The Hall–Kier alpha value is -2.44. The second-order valence-electron chi connectivity index (χ2n) is 3.26. The Balaban J connectivity index is 2.71. The molecule has 4 N–H and O–H groups in total. The van der Waals surface area contributed by atoms with Crippen LogP contribution in [0.15, 0.2) is 24.5 Å². The Kier molecular flexibility index (Phi) is 4.15. The van der Waals surface area contributed by atoms with Gasteiger partial charge in [-0.25, -0.2) is 0 Å². The molecule has 17 heavy (non-hydrogen) atoms. The second-order valence-corrected chi connectivity index (χ2v) is 3.26. The number of nitrogens with two attached hydrogens (primary N) is 1. The predicted molar refractivity (Wildman–Crippen MR) is 56.9 cm³/mol. The van der Waals surface area contributed by atoms with E-state index >= 15 is 0 Å². The molecule has 0 aliphatic carbocycles. The van der Waals surface area contributed by atoms with Gasteiger partial charge in [0.05, 0.1) is 6.42 Å². The summed E-state index contributed by atoms with van der Waals surface area (Å²) in [6.07, 6.45) is 2.27. The Morgan fingerprint density at radius 2 is 1.94 bits per heavy atom. The lowest BCUT2D eigenvalue weighted by Gasteiger charge is -2.12. The van der Waals surface area contributed by atoms with E-state index < -0.39 is 30.2 Å². The first-order chi connectivity index (χ1) is 8.00. The number of carbonyl (C=O) groups is 3. The van der Waals surface area contributed by atoms with E-state index in [1.165, 1.54) is 24.5 Å². The Morgan fingerprint density at radius 1 is 1.35 bits per heavy atom. The monoisotopic (exact) mass is 237 g/mol. The molecule has 7 nitrogen and oxygen atoms in total. The molecule has 0 bridgehead atoms. The molecule has 0 saturated heterocycles. The summed E-state index contributed by atoms with van der Waals surface area (Å²) in [6, 6.07) is 1.65. The van der Waals surface area contributed by atoms with E-state index in [0.717, 1.165) is 0 Å². The highest BCUT2D eigenvalue weighted by Crippen LogP contribution is 1.99. The van der Waals surface area contributed by atoms with Gasteiger partial charge in [-0.05, 0) is 12.1 Å². The van der Waals surface area contributed by atoms with Gasteiger partial charge in [0.2, 0.25) is 5.91 Å². The van der Waals surface area contributed by atoms with Crippen molar-refractivity contribution in [2.45, 2.75) is 12.5 Å². The fraction of sp³-hybridized carbons (Fsp3) is 0.200. The first kappa shape index (κ1) is 12.6. The number of amides is 2. The number of aliphatic carboxylic acids is 1. The molecular formula is C10H11N3O4. The average molecular weight is 237 g/mol. The summed E-state index contributed by atoms with van der Waals surface area (Å²) in [4.78, 5) is 36.7. The molecule has 1 heterocycles. The van der Waals surface area contributed by atoms with E-state index in [0.29, 0.717) is 0 Å². The Labute approximate surface area is 96.6 Å². The van der Waals surface area contributed by atoms with Crippen LogP contribution in [0.2, 0.25) is 0 Å². The highest BCUT2D eigenvalue weighted by molar-refractivity contribution is 5.98. The molecule has 7 heteroatoms. The SMILES string of the molecule is NC(=O)[C@@H](CC(=O)O)NC(=O)c1ccncc1. The third kappa shape index (κ3) is 3.90.